The van der Waals surface area contributed by atoms with E-state index >= 15 is 0 Å². The zero-order valence-electron chi connectivity index (χ0n) is 11.8. The van der Waals surface area contributed by atoms with E-state index in [0.717, 1.165) is 5.56 Å². The van der Waals surface area contributed by atoms with Crippen LogP contribution in [0, 0.1) is 5.82 Å². The summed E-state index contributed by atoms with van der Waals surface area (Å²) < 4.78 is 23.6. The van der Waals surface area contributed by atoms with Crippen LogP contribution in [0.15, 0.2) is 24.3 Å². The highest BCUT2D eigenvalue weighted by molar-refractivity contribution is 7.99. The quantitative estimate of drug-likeness (QED) is 0.836. The number of rotatable bonds is 5. The maximum absolute atomic E-state index is 13.3. The predicted molar refractivity (Wildman–Crippen MR) is 81.9 cm³/mol. The first-order valence-electron chi connectivity index (χ1n) is 6.03. The van der Waals surface area contributed by atoms with Crippen LogP contribution in [-0.2, 0) is 0 Å². The van der Waals surface area contributed by atoms with E-state index in [1.807, 2.05) is 6.26 Å². The Kier molecular flexibility index (Phi) is 5.25. The molecule has 1 unspecified atom stereocenters. The van der Waals surface area contributed by atoms with Crippen molar-refractivity contribution in [2.24, 2.45) is 0 Å². The van der Waals surface area contributed by atoms with Crippen LogP contribution < -0.4 is 9.47 Å². The molecule has 0 N–H and O–H groups in total. The van der Waals surface area contributed by atoms with Crippen molar-refractivity contribution < 1.29 is 13.9 Å². The number of nitrogens with zero attached hydrogens (tertiary/aromatic N) is 2. The van der Waals surface area contributed by atoms with Gasteiger partial charge in [-0.05, 0) is 24.0 Å². The highest BCUT2D eigenvalue weighted by Gasteiger charge is 2.19. The minimum Gasteiger partial charge on any atom is -0.481 e. The Labute approximate surface area is 131 Å². The summed E-state index contributed by atoms with van der Waals surface area (Å²) >= 11 is 7.36. The standard InChI is InChI=1S/C14H14ClFN2O2S/c1-19-11-7-12(20-2)18-14(17-11)13(21-3)8-4-5-10(16)9(15)6-8/h4-7,13H,1-3H3. The third kappa shape index (κ3) is 3.57. The minimum atomic E-state index is -0.454. The Bertz CT molecular complexity index is 620. The maximum Gasteiger partial charge on any atom is 0.220 e. The lowest BCUT2D eigenvalue weighted by molar-refractivity contribution is 0.368. The van der Waals surface area contributed by atoms with Crippen LogP contribution in [0.5, 0.6) is 11.8 Å². The van der Waals surface area contributed by atoms with Crippen LogP contribution in [0.3, 0.4) is 0 Å². The summed E-state index contributed by atoms with van der Waals surface area (Å²) in [6, 6.07) is 6.17. The molecule has 1 aromatic heterocycles. The number of halogens is 2. The van der Waals surface area contributed by atoms with Gasteiger partial charge < -0.3 is 9.47 Å². The van der Waals surface area contributed by atoms with Crippen molar-refractivity contribution in [3.8, 4) is 11.8 Å². The zero-order valence-corrected chi connectivity index (χ0v) is 13.3. The first-order chi connectivity index (χ1) is 10.1. The highest BCUT2D eigenvalue weighted by Crippen LogP contribution is 2.35. The topological polar surface area (TPSA) is 44.2 Å². The number of hydrogen-bond donors (Lipinski definition) is 0. The van der Waals surface area contributed by atoms with E-state index < -0.39 is 5.82 Å². The molecule has 0 bridgehead atoms. The molecule has 0 aliphatic heterocycles. The Morgan fingerprint density at radius 3 is 2.24 bits per heavy atom. The smallest absolute Gasteiger partial charge is 0.220 e. The van der Waals surface area contributed by atoms with Gasteiger partial charge in [-0.1, -0.05) is 17.7 Å². The van der Waals surface area contributed by atoms with Gasteiger partial charge in [-0.3, -0.25) is 0 Å². The number of benzene rings is 1. The summed E-state index contributed by atoms with van der Waals surface area (Å²) in [6.07, 6.45) is 1.91. The van der Waals surface area contributed by atoms with E-state index in [-0.39, 0.29) is 10.3 Å². The fourth-order valence-corrected chi connectivity index (χ4v) is 2.74. The van der Waals surface area contributed by atoms with Crippen molar-refractivity contribution >= 4 is 23.4 Å². The molecule has 0 aliphatic carbocycles. The lowest BCUT2D eigenvalue weighted by Gasteiger charge is -2.15. The monoisotopic (exact) mass is 328 g/mol. The van der Waals surface area contributed by atoms with Gasteiger partial charge in [0.05, 0.1) is 30.6 Å². The molecule has 2 rings (SSSR count). The van der Waals surface area contributed by atoms with Gasteiger partial charge in [-0.2, -0.15) is 9.97 Å². The summed E-state index contributed by atoms with van der Waals surface area (Å²) in [5.74, 6) is 0.874. The minimum absolute atomic E-state index is 0.0708. The molecule has 1 aromatic carbocycles. The largest absolute Gasteiger partial charge is 0.481 e. The van der Waals surface area contributed by atoms with Crippen LogP contribution in [0.1, 0.15) is 16.6 Å². The first kappa shape index (κ1) is 15.9. The Morgan fingerprint density at radius 2 is 1.76 bits per heavy atom. The average molecular weight is 329 g/mol. The predicted octanol–water partition coefficient (Wildman–Crippen LogP) is 3.74. The molecule has 0 amide bonds. The molecule has 0 radical (unpaired) electrons. The van der Waals surface area contributed by atoms with E-state index in [4.69, 9.17) is 21.1 Å². The molecule has 0 spiro atoms. The number of thioether (sulfide) groups is 1. The number of aromatic nitrogens is 2. The van der Waals surface area contributed by atoms with E-state index in [0.29, 0.717) is 17.6 Å². The molecule has 0 aliphatic rings. The number of hydrogen-bond acceptors (Lipinski definition) is 5. The first-order valence-corrected chi connectivity index (χ1v) is 7.70. The Hall–Kier alpha value is -1.53. The summed E-state index contributed by atoms with van der Waals surface area (Å²) in [5, 5.41) is -0.131. The van der Waals surface area contributed by atoms with Gasteiger partial charge in [0, 0.05) is 0 Å². The van der Waals surface area contributed by atoms with Crippen LogP contribution in [-0.4, -0.2) is 30.4 Å². The highest BCUT2D eigenvalue weighted by atomic mass is 35.5. The third-order valence-electron chi connectivity index (χ3n) is 2.83. The van der Waals surface area contributed by atoms with Gasteiger partial charge in [0.2, 0.25) is 11.8 Å². The van der Waals surface area contributed by atoms with E-state index in [2.05, 4.69) is 9.97 Å². The van der Waals surface area contributed by atoms with E-state index in [9.17, 15) is 4.39 Å². The molecule has 0 saturated heterocycles. The second-order valence-electron chi connectivity index (χ2n) is 4.10. The van der Waals surface area contributed by atoms with E-state index in [1.165, 1.54) is 32.0 Å². The molecule has 2 aromatic rings. The van der Waals surface area contributed by atoms with Crippen LogP contribution in [0.4, 0.5) is 4.39 Å². The summed E-state index contributed by atoms with van der Waals surface area (Å²) in [4.78, 5) is 8.66. The Balaban J connectivity index is 2.47. The molecule has 1 heterocycles. The summed E-state index contributed by atoms with van der Waals surface area (Å²) in [5.41, 5.74) is 0.809. The van der Waals surface area contributed by atoms with Crippen molar-refractivity contribution in [3.63, 3.8) is 0 Å². The molecule has 21 heavy (non-hydrogen) atoms. The van der Waals surface area contributed by atoms with Gasteiger partial charge in [0.1, 0.15) is 5.82 Å². The van der Waals surface area contributed by atoms with Crippen molar-refractivity contribution in [1.29, 1.82) is 0 Å². The molecule has 1 atom stereocenters. The van der Waals surface area contributed by atoms with Crippen LogP contribution in [0.25, 0.3) is 0 Å². The molecule has 7 heteroatoms. The third-order valence-corrected chi connectivity index (χ3v) is 4.08. The lowest BCUT2D eigenvalue weighted by atomic mass is 10.1. The second kappa shape index (κ2) is 6.95. The molecule has 0 saturated carbocycles. The lowest BCUT2D eigenvalue weighted by Crippen LogP contribution is -2.05. The fraction of sp³-hybridized carbons (Fsp3) is 0.286. The van der Waals surface area contributed by atoms with E-state index in [1.54, 1.807) is 18.2 Å². The van der Waals surface area contributed by atoms with Gasteiger partial charge >= 0.3 is 0 Å². The second-order valence-corrected chi connectivity index (χ2v) is 5.45. The maximum atomic E-state index is 13.3. The SMILES string of the molecule is COc1cc(OC)nc(C(SC)c2ccc(F)c(Cl)c2)n1. The summed E-state index contributed by atoms with van der Waals surface area (Å²) in [6.45, 7) is 0. The molecule has 0 fully saturated rings. The van der Waals surface area contributed by atoms with Gasteiger partial charge in [0.25, 0.3) is 0 Å². The fourth-order valence-electron chi connectivity index (χ4n) is 1.81. The number of methoxy groups -OCH3 is 2. The van der Waals surface area contributed by atoms with Crippen LogP contribution >= 0.6 is 23.4 Å². The van der Waals surface area contributed by atoms with Crippen molar-refractivity contribution in [2.75, 3.05) is 20.5 Å². The number of ether oxygens (including phenoxy) is 2. The summed E-state index contributed by atoms with van der Waals surface area (Å²) in [7, 11) is 3.04. The van der Waals surface area contributed by atoms with Gasteiger partial charge in [-0.25, -0.2) is 4.39 Å². The molecular weight excluding hydrogens is 315 g/mol. The normalized spacial score (nSPS) is 12.0. The molecule has 112 valence electrons. The van der Waals surface area contributed by atoms with Crippen molar-refractivity contribution in [1.82, 2.24) is 9.97 Å². The van der Waals surface area contributed by atoms with Gasteiger partial charge in [0.15, 0.2) is 5.82 Å². The Morgan fingerprint density at radius 1 is 1.14 bits per heavy atom. The molecular formula is C14H14ClFN2O2S. The zero-order chi connectivity index (χ0) is 15.4. The van der Waals surface area contributed by atoms with Gasteiger partial charge in [-0.15, -0.1) is 11.8 Å². The van der Waals surface area contributed by atoms with Crippen molar-refractivity contribution in [2.45, 2.75) is 5.25 Å². The molecule has 4 nitrogen and oxygen atoms in total. The average Bonchev–Trinajstić information content (AvgIpc) is 2.51. The van der Waals surface area contributed by atoms with Crippen LogP contribution in [0.2, 0.25) is 5.02 Å². The van der Waals surface area contributed by atoms with Crippen molar-refractivity contribution in [3.05, 3.63) is 46.5 Å².